The van der Waals surface area contributed by atoms with Crippen molar-refractivity contribution >= 4 is 21.7 Å². The Morgan fingerprint density at radius 1 is 1.39 bits per heavy atom. The second-order valence-corrected chi connectivity index (χ2v) is 5.46. The summed E-state index contributed by atoms with van der Waals surface area (Å²) >= 11 is 0. The minimum atomic E-state index is -3.78. The summed E-state index contributed by atoms with van der Waals surface area (Å²) in [5.74, 6) is -0.872. The van der Waals surface area contributed by atoms with E-state index >= 15 is 0 Å². The van der Waals surface area contributed by atoms with Gasteiger partial charge in [0.1, 0.15) is 4.90 Å². The van der Waals surface area contributed by atoms with Gasteiger partial charge in [0.05, 0.1) is 5.69 Å². The molecule has 100 valence electrons. The van der Waals surface area contributed by atoms with Crippen molar-refractivity contribution in [3.63, 3.8) is 0 Å². The van der Waals surface area contributed by atoms with Gasteiger partial charge in [0.2, 0.25) is 10.0 Å². The molecule has 1 rings (SSSR count). The molecule has 0 aliphatic rings. The van der Waals surface area contributed by atoms with E-state index in [9.17, 15) is 13.2 Å². The third-order valence-electron chi connectivity index (χ3n) is 2.47. The van der Waals surface area contributed by atoms with Crippen LogP contribution >= 0.6 is 0 Å². The number of sulfonamides is 1. The molecule has 0 fully saturated rings. The van der Waals surface area contributed by atoms with Gasteiger partial charge in [-0.2, -0.15) is 0 Å². The monoisotopic (exact) mass is 272 g/mol. The Morgan fingerprint density at radius 2 is 2.00 bits per heavy atom. The van der Waals surface area contributed by atoms with E-state index in [2.05, 4.69) is 0 Å². The summed E-state index contributed by atoms with van der Waals surface area (Å²) in [6.45, 7) is 0.443. The number of anilines is 1. The van der Waals surface area contributed by atoms with Gasteiger partial charge in [-0.3, -0.25) is 4.79 Å². The summed E-state index contributed by atoms with van der Waals surface area (Å²) in [6.07, 6.45) is 0.479. The summed E-state index contributed by atoms with van der Waals surface area (Å²) in [4.78, 5) is 12.1. The molecule has 0 saturated carbocycles. The first kappa shape index (κ1) is 14.5. The fourth-order valence-electron chi connectivity index (χ4n) is 1.60. The standard InChI is InChI=1S/C11H16N2O4S/c1-13(8-4-7-11(14)15)9-5-2-3-6-10(9)18(12,16)17/h2-3,5-6H,4,7-8H2,1H3,(H,14,15)(H2,12,16,17). The first-order valence-electron chi connectivity index (χ1n) is 5.37. The first-order chi connectivity index (χ1) is 8.32. The largest absolute Gasteiger partial charge is 0.481 e. The molecule has 7 heteroatoms. The molecule has 0 amide bonds. The van der Waals surface area contributed by atoms with Crippen LogP contribution < -0.4 is 10.0 Å². The van der Waals surface area contributed by atoms with E-state index in [1.165, 1.54) is 6.07 Å². The number of para-hydroxylation sites is 1. The topological polar surface area (TPSA) is 101 Å². The molecule has 0 aliphatic heterocycles. The molecule has 0 aliphatic carbocycles. The van der Waals surface area contributed by atoms with Gasteiger partial charge in [-0.15, -0.1) is 0 Å². The summed E-state index contributed by atoms with van der Waals surface area (Å²) in [6, 6.07) is 6.37. The van der Waals surface area contributed by atoms with Crippen LogP contribution in [0.5, 0.6) is 0 Å². The Hall–Kier alpha value is -1.60. The van der Waals surface area contributed by atoms with Crippen LogP contribution in [0.4, 0.5) is 5.69 Å². The molecule has 3 N–H and O–H groups in total. The van der Waals surface area contributed by atoms with Gasteiger partial charge < -0.3 is 10.0 Å². The van der Waals surface area contributed by atoms with E-state index in [1.54, 1.807) is 30.1 Å². The number of carboxylic acid groups (broad SMARTS) is 1. The van der Waals surface area contributed by atoms with Crippen LogP contribution in [0, 0.1) is 0 Å². The highest BCUT2D eigenvalue weighted by molar-refractivity contribution is 7.89. The number of rotatable bonds is 6. The van der Waals surface area contributed by atoms with Gasteiger partial charge in [-0.05, 0) is 18.6 Å². The van der Waals surface area contributed by atoms with Gasteiger partial charge in [0.15, 0.2) is 0 Å². The van der Waals surface area contributed by atoms with Crippen molar-refractivity contribution in [2.75, 3.05) is 18.5 Å². The van der Waals surface area contributed by atoms with Crippen LogP contribution in [-0.4, -0.2) is 33.1 Å². The van der Waals surface area contributed by atoms with Crippen molar-refractivity contribution in [2.45, 2.75) is 17.7 Å². The number of aliphatic carboxylic acids is 1. The smallest absolute Gasteiger partial charge is 0.303 e. The molecule has 0 atom stereocenters. The minimum absolute atomic E-state index is 0.0435. The lowest BCUT2D eigenvalue weighted by Crippen LogP contribution is -2.23. The number of nitrogens with zero attached hydrogens (tertiary/aromatic N) is 1. The molecule has 0 bridgehead atoms. The average Bonchev–Trinajstić information content (AvgIpc) is 2.27. The molecule has 0 spiro atoms. The highest BCUT2D eigenvalue weighted by Gasteiger charge is 2.15. The maximum absolute atomic E-state index is 11.4. The zero-order chi connectivity index (χ0) is 13.8. The van der Waals surface area contributed by atoms with Crippen molar-refractivity contribution in [3.8, 4) is 0 Å². The third kappa shape index (κ3) is 4.01. The van der Waals surface area contributed by atoms with Crippen molar-refractivity contribution in [1.29, 1.82) is 0 Å². The maximum Gasteiger partial charge on any atom is 0.303 e. The predicted molar refractivity (Wildman–Crippen MR) is 68.0 cm³/mol. The highest BCUT2D eigenvalue weighted by Crippen LogP contribution is 2.22. The highest BCUT2D eigenvalue weighted by atomic mass is 32.2. The van der Waals surface area contributed by atoms with Crippen LogP contribution in [0.2, 0.25) is 0 Å². The van der Waals surface area contributed by atoms with Crippen molar-refractivity contribution < 1.29 is 18.3 Å². The molecule has 18 heavy (non-hydrogen) atoms. The van der Waals surface area contributed by atoms with Crippen LogP contribution in [-0.2, 0) is 14.8 Å². The Labute approximate surface area is 106 Å². The molecule has 0 radical (unpaired) electrons. The predicted octanol–water partition coefficient (Wildman–Crippen LogP) is 0.635. The fourth-order valence-corrected chi connectivity index (χ4v) is 2.38. The van der Waals surface area contributed by atoms with Gasteiger partial charge in [0.25, 0.3) is 0 Å². The van der Waals surface area contributed by atoms with Crippen molar-refractivity contribution in [3.05, 3.63) is 24.3 Å². The van der Waals surface area contributed by atoms with E-state index in [0.29, 0.717) is 18.7 Å². The fraction of sp³-hybridized carbons (Fsp3) is 0.364. The summed E-state index contributed by atoms with van der Waals surface area (Å²) < 4.78 is 22.8. The number of hydrogen-bond donors (Lipinski definition) is 2. The molecular formula is C11H16N2O4S. The Morgan fingerprint density at radius 3 is 2.56 bits per heavy atom. The average molecular weight is 272 g/mol. The van der Waals surface area contributed by atoms with Gasteiger partial charge >= 0.3 is 5.97 Å². The Bertz CT molecular complexity index is 528. The van der Waals surface area contributed by atoms with Gasteiger partial charge in [-0.1, -0.05) is 12.1 Å². The summed E-state index contributed by atoms with van der Waals surface area (Å²) in [7, 11) is -2.08. The number of carboxylic acids is 1. The molecule has 1 aromatic rings. The number of carbonyl (C=O) groups is 1. The zero-order valence-electron chi connectivity index (χ0n) is 10.0. The normalized spacial score (nSPS) is 11.2. The van der Waals surface area contributed by atoms with Gasteiger partial charge in [0, 0.05) is 20.0 Å². The summed E-state index contributed by atoms with van der Waals surface area (Å²) in [5.41, 5.74) is 0.477. The molecule has 0 saturated heterocycles. The van der Waals surface area contributed by atoms with E-state index in [-0.39, 0.29) is 11.3 Å². The molecule has 0 aromatic heterocycles. The number of hydrogen-bond acceptors (Lipinski definition) is 4. The molecule has 0 unspecified atom stereocenters. The first-order valence-corrected chi connectivity index (χ1v) is 6.92. The van der Waals surface area contributed by atoms with E-state index < -0.39 is 16.0 Å². The lowest BCUT2D eigenvalue weighted by molar-refractivity contribution is -0.137. The van der Waals surface area contributed by atoms with E-state index in [0.717, 1.165) is 0 Å². The van der Waals surface area contributed by atoms with Crippen molar-refractivity contribution in [2.24, 2.45) is 5.14 Å². The molecular weight excluding hydrogens is 256 g/mol. The quantitative estimate of drug-likeness (QED) is 0.791. The van der Waals surface area contributed by atoms with E-state index in [1.807, 2.05) is 0 Å². The molecule has 0 heterocycles. The lowest BCUT2D eigenvalue weighted by atomic mass is 10.2. The zero-order valence-corrected chi connectivity index (χ0v) is 10.9. The lowest BCUT2D eigenvalue weighted by Gasteiger charge is -2.21. The van der Waals surface area contributed by atoms with Crippen LogP contribution in [0.3, 0.4) is 0 Å². The third-order valence-corrected chi connectivity index (χ3v) is 3.43. The second kappa shape index (κ2) is 5.83. The maximum atomic E-state index is 11.4. The molecule has 1 aromatic carbocycles. The molecule has 6 nitrogen and oxygen atoms in total. The van der Waals surface area contributed by atoms with Crippen molar-refractivity contribution in [1.82, 2.24) is 0 Å². The van der Waals surface area contributed by atoms with E-state index in [4.69, 9.17) is 10.2 Å². The number of benzene rings is 1. The SMILES string of the molecule is CN(CCCC(=O)O)c1ccccc1S(N)(=O)=O. The van der Waals surface area contributed by atoms with Crippen LogP contribution in [0.25, 0.3) is 0 Å². The number of nitrogens with two attached hydrogens (primary N) is 1. The Balaban J connectivity index is 2.86. The van der Waals surface area contributed by atoms with Gasteiger partial charge in [-0.25, -0.2) is 13.6 Å². The number of primary sulfonamides is 1. The van der Waals surface area contributed by atoms with Crippen LogP contribution in [0.15, 0.2) is 29.2 Å². The van der Waals surface area contributed by atoms with Crippen LogP contribution in [0.1, 0.15) is 12.8 Å². The summed E-state index contributed by atoms with van der Waals surface area (Å²) in [5, 5.41) is 13.7. The minimum Gasteiger partial charge on any atom is -0.481 e. The Kier molecular flexibility index (Phi) is 4.69. The second-order valence-electron chi connectivity index (χ2n) is 3.93.